The van der Waals surface area contributed by atoms with Crippen LogP contribution in [0, 0.1) is 12.8 Å². The van der Waals surface area contributed by atoms with Crippen molar-refractivity contribution in [1.82, 2.24) is 19.6 Å². The Morgan fingerprint density at radius 3 is 2.78 bits per heavy atom. The summed E-state index contributed by atoms with van der Waals surface area (Å²) in [6, 6.07) is 10.4. The molecule has 0 N–H and O–H groups in total. The van der Waals surface area contributed by atoms with Crippen molar-refractivity contribution < 1.29 is 4.79 Å². The third kappa shape index (κ3) is 4.41. The highest BCUT2D eigenvalue weighted by molar-refractivity contribution is 5.76. The first-order valence-electron chi connectivity index (χ1n) is 10.2. The lowest BCUT2D eigenvalue weighted by molar-refractivity contribution is -0.132. The van der Waals surface area contributed by atoms with Crippen molar-refractivity contribution in [2.45, 2.75) is 45.7 Å². The Labute approximate surface area is 162 Å². The molecule has 144 valence electrons. The van der Waals surface area contributed by atoms with Crippen molar-refractivity contribution in [3.8, 4) is 0 Å². The minimum atomic E-state index is 0.263. The molecule has 0 spiro atoms. The van der Waals surface area contributed by atoms with Gasteiger partial charge in [-0.3, -0.25) is 9.48 Å². The third-order valence-corrected chi connectivity index (χ3v) is 6.00. The first-order chi connectivity index (χ1) is 13.2. The highest BCUT2D eigenvalue weighted by Crippen LogP contribution is 2.20. The van der Waals surface area contributed by atoms with E-state index in [2.05, 4.69) is 56.8 Å². The van der Waals surface area contributed by atoms with Crippen molar-refractivity contribution >= 4 is 5.91 Å². The lowest BCUT2D eigenvalue weighted by atomic mass is 10.0. The zero-order valence-electron chi connectivity index (χ0n) is 16.3. The molecule has 2 aliphatic rings. The second kappa shape index (κ2) is 8.26. The van der Waals surface area contributed by atoms with E-state index >= 15 is 0 Å². The van der Waals surface area contributed by atoms with Crippen LogP contribution < -0.4 is 0 Å². The van der Waals surface area contributed by atoms with E-state index in [-0.39, 0.29) is 5.91 Å². The quantitative estimate of drug-likeness (QED) is 0.817. The monoisotopic (exact) mass is 366 g/mol. The van der Waals surface area contributed by atoms with Gasteiger partial charge in [0.2, 0.25) is 5.91 Å². The van der Waals surface area contributed by atoms with E-state index in [0.717, 1.165) is 31.7 Å². The van der Waals surface area contributed by atoms with Gasteiger partial charge in [-0.1, -0.05) is 24.3 Å². The number of hydrogen-bond acceptors (Lipinski definition) is 3. The van der Waals surface area contributed by atoms with E-state index in [1.807, 2.05) is 6.20 Å². The number of fused-ring (bicyclic) bond motifs is 1. The molecule has 4 rings (SSSR count). The molecule has 0 unspecified atom stereocenters. The molecular formula is C22H30N4O. The Hall–Kier alpha value is -2.14. The van der Waals surface area contributed by atoms with Gasteiger partial charge >= 0.3 is 0 Å². The van der Waals surface area contributed by atoms with Crippen molar-refractivity contribution in [3.63, 3.8) is 0 Å². The molecule has 2 aliphatic heterocycles. The van der Waals surface area contributed by atoms with Crippen LogP contribution in [0.25, 0.3) is 0 Å². The smallest absolute Gasteiger partial charge is 0.223 e. The van der Waals surface area contributed by atoms with Crippen LogP contribution in [0.2, 0.25) is 0 Å². The molecule has 1 amide bonds. The highest BCUT2D eigenvalue weighted by atomic mass is 16.2. The maximum atomic E-state index is 13.0. The topological polar surface area (TPSA) is 41.4 Å². The number of nitrogens with zero attached hydrogens (tertiary/aromatic N) is 4. The van der Waals surface area contributed by atoms with Crippen LogP contribution in [0.4, 0.5) is 0 Å². The molecule has 0 aliphatic carbocycles. The second-order valence-electron chi connectivity index (χ2n) is 8.08. The molecular weight excluding hydrogens is 336 g/mol. The fraction of sp³-hybridized carbons (Fsp3) is 0.545. The standard InChI is InChI=1S/C22H30N4O/c1-18-6-2-3-7-20(18)8-9-22(27)25-15-19(14-24-12-4-5-13-24)16-26-21(17-25)10-11-23-26/h2-3,6-7,10-11,19H,4-5,8-9,12-17H2,1H3/t19-/m0/s1. The van der Waals surface area contributed by atoms with Crippen molar-refractivity contribution in [1.29, 1.82) is 0 Å². The van der Waals surface area contributed by atoms with Gasteiger partial charge < -0.3 is 9.80 Å². The molecule has 1 atom stereocenters. The van der Waals surface area contributed by atoms with Gasteiger partial charge in [-0.05, 0) is 56.5 Å². The molecule has 1 aromatic carbocycles. The fourth-order valence-electron chi connectivity index (χ4n) is 4.46. The number of aromatic nitrogens is 2. The van der Waals surface area contributed by atoms with Gasteiger partial charge in [0.1, 0.15) is 0 Å². The average molecular weight is 367 g/mol. The van der Waals surface area contributed by atoms with Crippen LogP contribution >= 0.6 is 0 Å². The second-order valence-corrected chi connectivity index (χ2v) is 8.08. The number of aryl methyl sites for hydroxylation is 2. The van der Waals surface area contributed by atoms with Crippen LogP contribution in [-0.4, -0.2) is 51.7 Å². The zero-order valence-corrected chi connectivity index (χ0v) is 16.3. The Balaban J connectivity index is 1.43. The van der Waals surface area contributed by atoms with Gasteiger partial charge in [-0.15, -0.1) is 0 Å². The summed E-state index contributed by atoms with van der Waals surface area (Å²) >= 11 is 0. The number of carbonyl (C=O) groups excluding carboxylic acids is 1. The van der Waals surface area contributed by atoms with E-state index in [4.69, 9.17) is 0 Å². The Morgan fingerprint density at radius 2 is 1.96 bits per heavy atom. The van der Waals surface area contributed by atoms with Crippen molar-refractivity contribution in [3.05, 3.63) is 53.3 Å². The van der Waals surface area contributed by atoms with Crippen LogP contribution in [0.15, 0.2) is 36.5 Å². The molecule has 0 radical (unpaired) electrons. The van der Waals surface area contributed by atoms with Gasteiger partial charge in [0.15, 0.2) is 0 Å². The lowest BCUT2D eigenvalue weighted by Crippen LogP contribution is -2.38. The summed E-state index contributed by atoms with van der Waals surface area (Å²) < 4.78 is 2.11. The number of likely N-dealkylation sites (tertiary alicyclic amines) is 1. The average Bonchev–Trinajstić information content (AvgIpc) is 3.29. The Bertz CT molecular complexity index is 778. The predicted molar refractivity (Wildman–Crippen MR) is 106 cm³/mol. The highest BCUT2D eigenvalue weighted by Gasteiger charge is 2.27. The van der Waals surface area contributed by atoms with E-state index in [0.29, 0.717) is 18.9 Å². The molecule has 27 heavy (non-hydrogen) atoms. The number of hydrogen-bond donors (Lipinski definition) is 0. The summed E-state index contributed by atoms with van der Waals surface area (Å²) in [6.45, 7) is 8.03. The largest absolute Gasteiger partial charge is 0.336 e. The predicted octanol–water partition coefficient (Wildman–Crippen LogP) is 2.88. The molecule has 1 saturated heterocycles. The van der Waals surface area contributed by atoms with Crippen LogP contribution in [0.3, 0.4) is 0 Å². The molecule has 0 saturated carbocycles. The van der Waals surface area contributed by atoms with Crippen molar-refractivity contribution in [2.75, 3.05) is 26.2 Å². The number of benzene rings is 1. The molecule has 5 heteroatoms. The summed E-state index contributed by atoms with van der Waals surface area (Å²) in [6.07, 6.45) is 5.87. The summed E-state index contributed by atoms with van der Waals surface area (Å²) in [5.74, 6) is 0.714. The molecule has 0 bridgehead atoms. The summed E-state index contributed by atoms with van der Waals surface area (Å²) in [7, 11) is 0. The van der Waals surface area contributed by atoms with Gasteiger partial charge in [0.25, 0.3) is 0 Å². The Morgan fingerprint density at radius 1 is 1.15 bits per heavy atom. The normalized spacial score (nSPS) is 20.5. The first-order valence-corrected chi connectivity index (χ1v) is 10.2. The first kappa shape index (κ1) is 18.2. The number of carbonyl (C=O) groups is 1. The SMILES string of the molecule is Cc1ccccc1CCC(=O)N1Cc2ccnn2C[C@@H](CN2CCCC2)C1. The maximum absolute atomic E-state index is 13.0. The number of amides is 1. The lowest BCUT2D eigenvalue weighted by Gasteiger charge is -2.27. The minimum absolute atomic E-state index is 0.263. The molecule has 1 aromatic heterocycles. The summed E-state index contributed by atoms with van der Waals surface area (Å²) in [5, 5.41) is 4.50. The molecule has 5 nitrogen and oxygen atoms in total. The van der Waals surface area contributed by atoms with Gasteiger partial charge in [0, 0.05) is 38.2 Å². The van der Waals surface area contributed by atoms with Crippen LogP contribution in [-0.2, 0) is 24.3 Å². The van der Waals surface area contributed by atoms with Crippen molar-refractivity contribution in [2.24, 2.45) is 5.92 Å². The summed E-state index contributed by atoms with van der Waals surface area (Å²) in [5.41, 5.74) is 3.70. The maximum Gasteiger partial charge on any atom is 0.223 e. The van der Waals surface area contributed by atoms with Gasteiger partial charge in [0.05, 0.1) is 12.2 Å². The van der Waals surface area contributed by atoms with E-state index in [1.54, 1.807) is 0 Å². The van der Waals surface area contributed by atoms with E-state index in [1.165, 1.54) is 37.1 Å². The molecule has 2 aromatic rings. The minimum Gasteiger partial charge on any atom is -0.336 e. The fourth-order valence-corrected chi connectivity index (χ4v) is 4.46. The van der Waals surface area contributed by atoms with Crippen LogP contribution in [0.5, 0.6) is 0 Å². The summed E-state index contributed by atoms with van der Waals surface area (Å²) in [4.78, 5) is 17.7. The Kier molecular flexibility index (Phi) is 5.58. The number of rotatable bonds is 5. The molecule has 3 heterocycles. The zero-order chi connectivity index (χ0) is 18.6. The van der Waals surface area contributed by atoms with Gasteiger partial charge in [-0.25, -0.2) is 0 Å². The third-order valence-electron chi connectivity index (χ3n) is 6.00. The molecule has 1 fully saturated rings. The van der Waals surface area contributed by atoms with E-state index in [9.17, 15) is 4.79 Å². The van der Waals surface area contributed by atoms with Gasteiger partial charge in [-0.2, -0.15) is 5.10 Å². The van der Waals surface area contributed by atoms with Crippen LogP contribution in [0.1, 0.15) is 36.1 Å². The van der Waals surface area contributed by atoms with E-state index < -0.39 is 0 Å².